The van der Waals surface area contributed by atoms with Gasteiger partial charge in [0.1, 0.15) is 0 Å². The van der Waals surface area contributed by atoms with E-state index in [-0.39, 0.29) is 17.9 Å². The van der Waals surface area contributed by atoms with Gasteiger partial charge in [0, 0.05) is 10.4 Å². The third kappa shape index (κ3) is 3.34. The van der Waals surface area contributed by atoms with Crippen LogP contribution in [0.15, 0.2) is 28.7 Å². The van der Waals surface area contributed by atoms with Crippen LogP contribution in [0.2, 0.25) is 0 Å². The van der Waals surface area contributed by atoms with E-state index in [0.29, 0.717) is 0 Å². The molecule has 15 heavy (non-hydrogen) atoms. The van der Waals surface area contributed by atoms with E-state index in [2.05, 4.69) is 21.2 Å². The van der Waals surface area contributed by atoms with Crippen LogP contribution >= 0.6 is 15.9 Å². The highest BCUT2D eigenvalue weighted by atomic mass is 79.9. The molecule has 0 unspecified atom stereocenters. The lowest BCUT2D eigenvalue weighted by molar-refractivity contribution is -0.124. The minimum absolute atomic E-state index is 0.0231. The molecule has 0 saturated heterocycles. The van der Waals surface area contributed by atoms with Crippen molar-refractivity contribution >= 4 is 21.8 Å². The first kappa shape index (κ1) is 12.2. The van der Waals surface area contributed by atoms with Crippen molar-refractivity contribution in [2.45, 2.75) is 26.8 Å². The molecule has 1 amide bonds. The quantitative estimate of drug-likeness (QED) is 0.897. The highest BCUT2D eigenvalue weighted by molar-refractivity contribution is 9.10. The van der Waals surface area contributed by atoms with Gasteiger partial charge in [-0.05, 0) is 18.6 Å². The van der Waals surface area contributed by atoms with Crippen molar-refractivity contribution in [3.63, 3.8) is 0 Å². The van der Waals surface area contributed by atoms with Gasteiger partial charge in [0.2, 0.25) is 5.91 Å². The Morgan fingerprint density at radius 2 is 1.87 bits per heavy atom. The Kier molecular flexibility index (Phi) is 4.33. The highest BCUT2D eigenvalue weighted by Crippen LogP contribution is 2.22. The zero-order valence-corrected chi connectivity index (χ0v) is 10.8. The normalized spacial score (nSPS) is 12.6. The van der Waals surface area contributed by atoms with Crippen LogP contribution < -0.4 is 5.32 Å². The third-order valence-electron chi connectivity index (χ3n) is 2.25. The lowest BCUT2D eigenvalue weighted by atomic mass is 10.1. The Hall–Kier alpha value is -0.830. The van der Waals surface area contributed by atoms with Crippen LogP contribution in [-0.2, 0) is 4.79 Å². The maximum absolute atomic E-state index is 11.5. The molecular formula is C12H16BrNO. The summed E-state index contributed by atoms with van der Waals surface area (Å²) in [6.45, 7) is 5.77. The smallest absolute Gasteiger partial charge is 0.223 e. The van der Waals surface area contributed by atoms with Gasteiger partial charge in [-0.3, -0.25) is 4.79 Å². The maximum atomic E-state index is 11.5. The zero-order valence-electron chi connectivity index (χ0n) is 9.25. The van der Waals surface area contributed by atoms with E-state index < -0.39 is 0 Å². The molecule has 1 N–H and O–H groups in total. The molecule has 1 rings (SSSR count). The molecule has 0 aliphatic carbocycles. The molecule has 82 valence electrons. The van der Waals surface area contributed by atoms with Crippen molar-refractivity contribution in [2.24, 2.45) is 5.92 Å². The van der Waals surface area contributed by atoms with Gasteiger partial charge in [0.25, 0.3) is 0 Å². The van der Waals surface area contributed by atoms with E-state index in [1.54, 1.807) is 0 Å². The molecule has 0 aliphatic heterocycles. The average Bonchev–Trinajstić information content (AvgIpc) is 2.18. The lowest BCUT2D eigenvalue weighted by Gasteiger charge is -2.17. The number of rotatable bonds is 3. The van der Waals surface area contributed by atoms with E-state index in [0.717, 1.165) is 10.0 Å². The molecule has 0 saturated carbocycles. The lowest BCUT2D eigenvalue weighted by Crippen LogP contribution is -2.30. The largest absolute Gasteiger partial charge is 0.349 e. The SMILES string of the molecule is CC(C)C(=O)N[C@@H](C)c1ccccc1Br. The molecule has 0 spiro atoms. The van der Waals surface area contributed by atoms with Gasteiger partial charge in [-0.15, -0.1) is 0 Å². The van der Waals surface area contributed by atoms with Crippen molar-refractivity contribution in [1.82, 2.24) is 5.32 Å². The molecule has 1 atom stereocenters. The molecule has 0 bridgehead atoms. The molecule has 0 heterocycles. The summed E-state index contributed by atoms with van der Waals surface area (Å²) in [4.78, 5) is 11.5. The molecule has 0 fully saturated rings. The van der Waals surface area contributed by atoms with Crippen LogP contribution in [0.1, 0.15) is 32.4 Å². The molecule has 0 aromatic heterocycles. The topological polar surface area (TPSA) is 29.1 Å². The summed E-state index contributed by atoms with van der Waals surface area (Å²) >= 11 is 3.47. The van der Waals surface area contributed by atoms with Gasteiger partial charge in [0.15, 0.2) is 0 Å². The second-order valence-electron chi connectivity index (χ2n) is 3.91. The van der Waals surface area contributed by atoms with Gasteiger partial charge in [0.05, 0.1) is 6.04 Å². The number of hydrogen-bond acceptors (Lipinski definition) is 1. The van der Waals surface area contributed by atoms with E-state index in [9.17, 15) is 4.79 Å². The fourth-order valence-corrected chi connectivity index (χ4v) is 1.91. The van der Waals surface area contributed by atoms with Gasteiger partial charge in [-0.25, -0.2) is 0 Å². The summed E-state index contributed by atoms with van der Waals surface area (Å²) in [5, 5.41) is 2.97. The van der Waals surface area contributed by atoms with Crippen LogP contribution in [0.5, 0.6) is 0 Å². The maximum Gasteiger partial charge on any atom is 0.223 e. The van der Waals surface area contributed by atoms with Crippen LogP contribution in [0.25, 0.3) is 0 Å². The highest BCUT2D eigenvalue weighted by Gasteiger charge is 2.13. The second kappa shape index (κ2) is 5.31. The van der Waals surface area contributed by atoms with Crippen LogP contribution in [0.4, 0.5) is 0 Å². The first-order valence-corrected chi connectivity index (χ1v) is 5.86. The Balaban J connectivity index is 2.73. The Labute approximate surface area is 99.2 Å². The summed E-state index contributed by atoms with van der Waals surface area (Å²) in [5.74, 6) is 0.105. The second-order valence-corrected chi connectivity index (χ2v) is 4.76. The van der Waals surface area contributed by atoms with E-state index in [1.807, 2.05) is 45.0 Å². The van der Waals surface area contributed by atoms with Crippen molar-refractivity contribution in [3.8, 4) is 0 Å². The predicted octanol–water partition coefficient (Wildman–Crippen LogP) is 3.28. The molecule has 0 radical (unpaired) electrons. The molecule has 1 aromatic rings. The number of carbonyl (C=O) groups excluding carboxylic acids is 1. The van der Waals surface area contributed by atoms with Crippen molar-refractivity contribution < 1.29 is 4.79 Å². The van der Waals surface area contributed by atoms with Crippen LogP contribution in [0, 0.1) is 5.92 Å². The van der Waals surface area contributed by atoms with Crippen molar-refractivity contribution in [1.29, 1.82) is 0 Å². The molecule has 0 aliphatic rings. The van der Waals surface area contributed by atoms with Crippen LogP contribution in [0.3, 0.4) is 0 Å². The summed E-state index contributed by atoms with van der Waals surface area (Å²) < 4.78 is 1.03. The Morgan fingerprint density at radius 3 is 2.40 bits per heavy atom. The average molecular weight is 270 g/mol. The van der Waals surface area contributed by atoms with Gasteiger partial charge >= 0.3 is 0 Å². The van der Waals surface area contributed by atoms with Crippen molar-refractivity contribution in [3.05, 3.63) is 34.3 Å². The number of nitrogens with one attached hydrogen (secondary N) is 1. The monoisotopic (exact) mass is 269 g/mol. The molecule has 1 aromatic carbocycles. The minimum Gasteiger partial charge on any atom is -0.349 e. The number of carbonyl (C=O) groups is 1. The van der Waals surface area contributed by atoms with Gasteiger partial charge in [-0.2, -0.15) is 0 Å². The first-order valence-electron chi connectivity index (χ1n) is 5.07. The van der Waals surface area contributed by atoms with E-state index >= 15 is 0 Å². The third-order valence-corrected chi connectivity index (χ3v) is 2.98. The number of halogens is 1. The molecular weight excluding hydrogens is 254 g/mol. The predicted molar refractivity (Wildman–Crippen MR) is 65.5 cm³/mol. The minimum atomic E-state index is 0.0231. The van der Waals surface area contributed by atoms with Crippen LogP contribution in [-0.4, -0.2) is 5.91 Å². The molecule has 3 heteroatoms. The van der Waals surface area contributed by atoms with Crippen molar-refractivity contribution in [2.75, 3.05) is 0 Å². The standard InChI is InChI=1S/C12H16BrNO/c1-8(2)12(15)14-9(3)10-6-4-5-7-11(10)13/h4-9H,1-3H3,(H,14,15)/t9-/m0/s1. The first-order chi connectivity index (χ1) is 7.02. The zero-order chi connectivity index (χ0) is 11.4. The fourth-order valence-electron chi connectivity index (χ4n) is 1.28. The number of amides is 1. The summed E-state index contributed by atoms with van der Waals surface area (Å²) in [6.07, 6.45) is 0. The van der Waals surface area contributed by atoms with E-state index in [4.69, 9.17) is 0 Å². The summed E-state index contributed by atoms with van der Waals surface area (Å²) in [5.41, 5.74) is 1.10. The summed E-state index contributed by atoms with van der Waals surface area (Å²) in [7, 11) is 0. The number of benzene rings is 1. The summed E-state index contributed by atoms with van der Waals surface area (Å²) in [6, 6.07) is 7.96. The molecule has 2 nitrogen and oxygen atoms in total. The van der Waals surface area contributed by atoms with Gasteiger partial charge in [-0.1, -0.05) is 48.0 Å². The number of hydrogen-bond donors (Lipinski definition) is 1. The van der Waals surface area contributed by atoms with Gasteiger partial charge < -0.3 is 5.32 Å². The van der Waals surface area contributed by atoms with E-state index in [1.165, 1.54) is 0 Å². The Morgan fingerprint density at radius 1 is 1.27 bits per heavy atom. The Bertz CT molecular complexity index is 349. The fraction of sp³-hybridized carbons (Fsp3) is 0.417.